The first-order chi connectivity index (χ1) is 8.22. The summed E-state index contributed by atoms with van der Waals surface area (Å²) < 4.78 is 5.56. The molecule has 0 unspecified atom stereocenters. The van der Waals surface area contributed by atoms with Crippen molar-refractivity contribution in [1.29, 1.82) is 0 Å². The second-order valence-electron chi connectivity index (χ2n) is 4.44. The molecule has 0 aliphatic heterocycles. The lowest BCUT2D eigenvalue weighted by Crippen LogP contribution is -2.32. The van der Waals surface area contributed by atoms with Gasteiger partial charge in [-0.1, -0.05) is 12.8 Å². The van der Waals surface area contributed by atoms with Crippen LogP contribution in [0.2, 0.25) is 0 Å². The van der Waals surface area contributed by atoms with Gasteiger partial charge in [0.25, 0.3) is 0 Å². The average molecular weight is 232 g/mol. The fourth-order valence-electron chi connectivity index (χ4n) is 2.47. The van der Waals surface area contributed by atoms with E-state index < -0.39 is 11.4 Å². The molecule has 1 aliphatic rings. The average Bonchev–Trinajstić information content (AvgIpc) is 2.96. The molecule has 1 saturated carbocycles. The summed E-state index contributed by atoms with van der Waals surface area (Å²) in [5.41, 5.74) is 0.0887. The van der Waals surface area contributed by atoms with Crippen LogP contribution in [-0.4, -0.2) is 21.0 Å². The van der Waals surface area contributed by atoms with E-state index >= 15 is 0 Å². The van der Waals surface area contributed by atoms with Crippen molar-refractivity contribution in [3.05, 3.63) is 24.2 Å². The van der Waals surface area contributed by atoms with Crippen molar-refractivity contribution >= 4 is 17.2 Å². The first-order valence-corrected chi connectivity index (χ1v) is 5.68. The van der Waals surface area contributed by atoms with Gasteiger partial charge in [0.2, 0.25) is 5.89 Å². The summed E-state index contributed by atoms with van der Waals surface area (Å²) in [4.78, 5) is 19.8. The normalized spacial score (nSPS) is 18.6. The van der Waals surface area contributed by atoms with E-state index in [1.165, 1.54) is 0 Å². The molecule has 88 valence electrons. The second kappa shape index (κ2) is 3.55. The summed E-state index contributed by atoms with van der Waals surface area (Å²) in [5, 5.41) is 9.42. The minimum absolute atomic E-state index is 0.302. The lowest BCUT2D eigenvalue weighted by Gasteiger charge is -2.18. The molecule has 0 atom stereocenters. The van der Waals surface area contributed by atoms with Crippen molar-refractivity contribution in [2.75, 3.05) is 0 Å². The monoisotopic (exact) mass is 232 g/mol. The zero-order valence-electron chi connectivity index (χ0n) is 9.22. The standard InChI is InChI=1S/C12H12N2O3/c15-11(16)12(5-1-2-6-12)10-14-9-8(17-10)4-3-7-13-9/h3-4,7H,1-2,5-6H2,(H,15,16). The Balaban J connectivity index is 2.15. The number of oxazole rings is 1. The number of carbonyl (C=O) groups is 1. The fourth-order valence-corrected chi connectivity index (χ4v) is 2.47. The Morgan fingerprint density at radius 3 is 2.82 bits per heavy atom. The molecule has 1 fully saturated rings. The third-order valence-corrected chi connectivity index (χ3v) is 3.44. The Labute approximate surface area is 97.5 Å². The Bertz CT molecular complexity index is 537. The van der Waals surface area contributed by atoms with E-state index in [1.807, 2.05) is 0 Å². The highest BCUT2D eigenvalue weighted by atomic mass is 16.4. The first kappa shape index (κ1) is 10.3. The summed E-state index contributed by atoms with van der Waals surface area (Å²) in [7, 11) is 0. The van der Waals surface area contributed by atoms with Crippen LogP contribution in [0.5, 0.6) is 0 Å². The van der Waals surface area contributed by atoms with E-state index in [1.54, 1.807) is 18.3 Å². The largest absolute Gasteiger partial charge is 0.480 e. The molecule has 0 amide bonds. The van der Waals surface area contributed by atoms with Crippen LogP contribution in [0.3, 0.4) is 0 Å². The van der Waals surface area contributed by atoms with Gasteiger partial charge >= 0.3 is 5.97 Å². The summed E-state index contributed by atoms with van der Waals surface area (Å²) in [6, 6.07) is 3.50. The minimum Gasteiger partial charge on any atom is -0.480 e. The Morgan fingerprint density at radius 1 is 1.41 bits per heavy atom. The SMILES string of the molecule is O=C(O)C1(c2nc3ncccc3o2)CCCC1. The molecule has 0 radical (unpaired) electrons. The predicted octanol–water partition coefficient (Wildman–Crippen LogP) is 2.12. The van der Waals surface area contributed by atoms with Crippen molar-refractivity contribution in [3.8, 4) is 0 Å². The molecule has 0 bridgehead atoms. The highest BCUT2D eigenvalue weighted by Gasteiger charge is 2.47. The second-order valence-corrected chi connectivity index (χ2v) is 4.44. The molecule has 5 heteroatoms. The van der Waals surface area contributed by atoms with E-state index in [0.29, 0.717) is 30.0 Å². The van der Waals surface area contributed by atoms with Gasteiger partial charge in [-0.2, -0.15) is 4.98 Å². The number of fused-ring (bicyclic) bond motifs is 1. The van der Waals surface area contributed by atoms with Crippen molar-refractivity contribution in [2.45, 2.75) is 31.1 Å². The van der Waals surface area contributed by atoms with Gasteiger partial charge in [0.15, 0.2) is 11.2 Å². The number of nitrogens with zero attached hydrogens (tertiary/aromatic N) is 2. The third-order valence-electron chi connectivity index (χ3n) is 3.44. The molecular formula is C12H12N2O3. The van der Waals surface area contributed by atoms with Gasteiger partial charge in [-0.3, -0.25) is 4.79 Å². The molecule has 3 rings (SSSR count). The quantitative estimate of drug-likeness (QED) is 0.858. The van der Waals surface area contributed by atoms with Crippen LogP contribution in [0.4, 0.5) is 0 Å². The number of carboxylic acids is 1. The zero-order chi connectivity index (χ0) is 11.9. The van der Waals surface area contributed by atoms with Crippen LogP contribution in [0.15, 0.2) is 22.7 Å². The summed E-state index contributed by atoms with van der Waals surface area (Å²) >= 11 is 0. The van der Waals surface area contributed by atoms with Crippen LogP contribution in [0.25, 0.3) is 11.2 Å². The van der Waals surface area contributed by atoms with Gasteiger partial charge in [0, 0.05) is 6.20 Å². The van der Waals surface area contributed by atoms with Gasteiger partial charge in [-0.15, -0.1) is 0 Å². The first-order valence-electron chi connectivity index (χ1n) is 5.68. The van der Waals surface area contributed by atoms with Crippen LogP contribution >= 0.6 is 0 Å². The Kier molecular flexibility index (Phi) is 2.14. The highest BCUT2D eigenvalue weighted by molar-refractivity contribution is 5.81. The number of aliphatic carboxylic acids is 1. The molecule has 0 spiro atoms. The maximum Gasteiger partial charge on any atom is 0.319 e. The van der Waals surface area contributed by atoms with E-state index in [-0.39, 0.29) is 0 Å². The van der Waals surface area contributed by atoms with Crippen LogP contribution in [-0.2, 0) is 10.2 Å². The Morgan fingerprint density at radius 2 is 2.18 bits per heavy atom. The molecule has 2 aromatic rings. The molecule has 2 heterocycles. The topological polar surface area (TPSA) is 76.2 Å². The van der Waals surface area contributed by atoms with Crippen LogP contribution in [0.1, 0.15) is 31.6 Å². The number of hydrogen-bond donors (Lipinski definition) is 1. The van der Waals surface area contributed by atoms with Crippen molar-refractivity contribution in [2.24, 2.45) is 0 Å². The molecule has 0 saturated heterocycles. The number of carboxylic acid groups (broad SMARTS) is 1. The lowest BCUT2D eigenvalue weighted by atomic mass is 9.86. The number of rotatable bonds is 2. The van der Waals surface area contributed by atoms with Gasteiger partial charge in [0.1, 0.15) is 5.41 Å². The minimum atomic E-state index is -0.944. The highest BCUT2D eigenvalue weighted by Crippen LogP contribution is 2.41. The molecule has 1 N–H and O–H groups in total. The maximum atomic E-state index is 11.5. The number of aromatic nitrogens is 2. The summed E-state index contributed by atoms with van der Waals surface area (Å²) in [6.07, 6.45) is 4.61. The Hall–Kier alpha value is -1.91. The van der Waals surface area contributed by atoms with Crippen molar-refractivity contribution in [1.82, 2.24) is 9.97 Å². The van der Waals surface area contributed by atoms with Crippen molar-refractivity contribution in [3.63, 3.8) is 0 Å². The van der Waals surface area contributed by atoms with Gasteiger partial charge < -0.3 is 9.52 Å². The number of hydrogen-bond acceptors (Lipinski definition) is 4. The molecule has 2 aromatic heterocycles. The van der Waals surface area contributed by atoms with Gasteiger partial charge in [0.05, 0.1) is 0 Å². The third kappa shape index (κ3) is 1.42. The van der Waals surface area contributed by atoms with Crippen LogP contribution in [0, 0.1) is 0 Å². The van der Waals surface area contributed by atoms with Gasteiger partial charge in [-0.05, 0) is 25.0 Å². The van der Waals surface area contributed by atoms with Crippen LogP contribution < -0.4 is 0 Å². The summed E-state index contributed by atoms with van der Waals surface area (Å²) in [6.45, 7) is 0. The number of pyridine rings is 1. The van der Waals surface area contributed by atoms with E-state index in [9.17, 15) is 9.90 Å². The van der Waals surface area contributed by atoms with E-state index in [2.05, 4.69) is 9.97 Å². The molecule has 17 heavy (non-hydrogen) atoms. The van der Waals surface area contributed by atoms with Crippen molar-refractivity contribution < 1.29 is 14.3 Å². The van der Waals surface area contributed by atoms with E-state index in [0.717, 1.165) is 12.8 Å². The van der Waals surface area contributed by atoms with Gasteiger partial charge in [-0.25, -0.2) is 4.98 Å². The maximum absolute atomic E-state index is 11.5. The lowest BCUT2D eigenvalue weighted by molar-refractivity contribution is -0.144. The molecule has 0 aromatic carbocycles. The molecule has 5 nitrogen and oxygen atoms in total. The predicted molar refractivity (Wildman–Crippen MR) is 59.6 cm³/mol. The zero-order valence-corrected chi connectivity index (χ0v) is 9.22. The smallest absolute Gasteiger partial charge is 0.319 e. The summed E-state index contributed by atoms with van der Waals surface area (Å²) in [5.74, 6) is -0.544. The molecular weight excluding hydrogens is 220 g/mol. The molecule has 1 aliphatic carbocycles. The van der Waals surface area contributed by atoms with E-state index in [4.69, 9.17) is 4.42 Å². The fraction of sp³-hybridized carbons (Fsp3) is 0.417.